The molecule has 1 aliphatic rings. The smallest absolute Gasteiger partial charge is 0.260 e. The quantitative estimate of drug-likeness (QED) is 0.583. The van der Waals surface area contributed by atoms with Crippen molar-refractivity contribution in [2.45, 2.75) is 19.1 Å². The zero-order valence-electron chi connectivity index (χ0n) is 18.4. The molecule has 1 saturated heterocycles. The predicted octanol–water partition coefficient (Wildman–Crippen LogP) is 3.97. The zero-order chi connectivity index (χ0) is 23.1. The highest BCUT2D eigenvalue weighted by atomic mass is 35.5. The summed E-state index contributed by atoms with van der Waals surface area (Å²) in [6.07, 6.45) is -0.748. The largest absolute Gasteiger partial charge is 0.493 e. The summed E-state index contributed by atoms with van der Waals surface area (Å²) in [7, 11) is 3.21. The Bertz CT molecular complexity index is 921. The van der Waals surface area contributed by atoms with Gasteiger partial charge in [-0.15, -0.1) is 0 Å². The fourth-order valence-corrected chi connectivity index (χ4v) is 3.90. The van der Waals surface area contributed by atoms with Crippen LogP contribution in [0, 0.1) is 0 Å². The molecular weight excluding hydrogens is 455 g/mol. The van der Waals surface area contributed by atoms with E-state index in [1.165, 1.54) is 0 Å². The van der Waals surface area contributed by atoms with Crippen LogP contribution in [0.3, 0.4) is 0 Å². The highest BCUT2D eigenvalue weighted by Crippen LogP contribution is 2.33. The molecule has 1 heterocycles. The molecule has 3 rings (SSSR count). The average Bonchev–Trinajstić information content (AvgIpc) is 2.82. The summed E-state index contributed by atoms with van der Waals surface area (Å²) in [5.41, 5.74) is 1.01. The van der Waals surface area contributed by atoms with Gasteiger partial charge in [0, 0.05) is 19.6 Å². The van der Waals surface area contributed by atoms with Crippen LogP contribution in [-0.2, 0) is 9.53 Å². The van der Waals surface area contributed by atoms with Gasteiger partial charge in [0.1, 0.15) is 10.8 Å². The first-order chi connectivity index (χ1) is 15.4. The van der Waals surface area contributed by atoms with E-state index in [2.05, 4.69) is 10.2 Å². The van der Waals surface area contributed by atoms with E-state index >= 15 is 0 Å². The summed E-state index contributed by atoms with van der Waals surface area (Å²) in [4.78, 5) is 15.1. The summed E-state index contributed by atoms with van der Waals surface area (Å²) in [5, 5.41) is 3.66. The maximum atomic E-state index is 12.8. The van der Waals surface area contributed by atoms with E-state index in [-0.39, 0.29) is 17.0 Å². The molecule has 0 spiro atoms. The van der Waals surface area contributed by atoms with Crippen LogP contribution < -0.4 is 19.5 Å². The highest BCUT2D eigenvalue weighted by Gasteiger charge is 2.26. The molecule has 1 amide bonds. The molecule has 0 saturated carbocycles. The number of carbonyl (C=O) groups is 1. The molecule has 1 N–H and O–H groups in total. The van der Waals surface area contributed by atoms with Crippen molar-refractivity contribution in [1.82, 2.24) is 10.2 Å². The molecule has 2 aromatic rings. The van der Waals surface area contributed by atoms with Gasteiger partial charge >= 0.3 is 0 Å². The molecule has 0 bridgehead atoms. The Morgan fingerprint density at radius 2 is 1.81 bits per heavy atom. The number of methoxy groups -OCH3 is 2. The van der Waals surface area contributed by atoms with E-state index in [0.717, 1.165) is 18.7 Å². The second-order valence-electron chi connectivity index (χ2n) is 7.34. The van der Waals surface area contributed by atoms with Gasteiger partial charge in [-0.3, -0.25) is 9.69 Å². The van der Waals surface area contributed by atoms with E-state index in [1.54, 1.807) is 39.3 Å². The topological polar surface area (TPSA) is 69.3 Å². The third-order valence-electron chi connectivity index (χ3n) is 5.34. The van der Waals surface area contributed by atoms with Crippen LogP contribution in [0.4, 0.5) is 0 Å². The van der Waals surface area contributed by atoms with Crippen LogP contribution >= 0.6 is 23.2 Å². The summed E-state index contributed by atoms with van der Waals surface area (Å²) in [6.45, 7) is 4.88. The lowest BCUT2D eigenvalue weighted by molar-refractivity contribution is -0.127. The monoisotopic (exact) mass is 482 g/mol. The molecule has 32 heavy (non-hydrogen) atoms. The Morgan fingerprint density at radius 1 is 1.09 bits per heavy atom. The van der Waals surface area contributed by atoms with Crippen molar-refractivity contribution >= 4 is 29.1 Å². The number of nitrogens with zero attached hydrogens (tertiary/aromatic N) is 1. The highest BCUT2D eigenvalue weighted by molar-refractivity contribution is 6.42. The molecule has 2 unspecified atom stereocenters. The van der Waals surface area contributed by atoms with Gasteiger partial charge in [0.2, 0.25) is 0 Å². The molecule has 0 radical (unpaired) electrons. The van der Waals surface area contributed by atoms with Crippen LogP contribution in [0.5, 0.6) is 17.2 Å². The van der Waals surface area contributed by atoms with Crippen molar-refractivity contribution in [2.24, 2.45) is 0 Å². The Kier molecular flexibility index (Phi) is 8.87. The van der Waals surface area contributed by atoms with E-state index in [4.69, 9.17) is 42.1 Å². The molecule has 2 aromatic carbocycles. The van der Waals surface area contributed by atoms with Crippen LogP contribution in [0.1, 0.15) is 18.5 Å². The number of amides is 1. The Morgan fingerprint density at radius 3 is 2.50 bits per heavy atom. The standard InChI is InChI=1S/C23H28Cl2N2O5/c1-15(32-20-6-4-5-17(24)22(20)25)23(28)26-14-18(27-9-11-31-12-10-27)16-7-8-19(29-2)21(13-16)30-3/h4-8,13,15,18H,9-12,14H2,1-3H3,(H,26,28). The fraction of sp³-hybridized carbons (Fsp3) is 0.435. The Balaban J connectivity index is 1.72. The third-order valence-corrected chi connectivity index (χ3v) is 6.14. The Hall–Kier alpha value is -2.19. The van der Waals surface area contributed by atoms with Crippen LogP contribution in [0.2, 0.25) is 10.0 Å². The SMILES string of the molecule is COc1ccc(C(CNC(=O)C(C)Oc2cccc(Cl)c2Cl)N2CCOCC2)cc1OC. The molecule has 2 atom stereocenters. The number of ether oxygens (including phenoxy) is 4. The van der Waals surface area contributed by atoms with Gasteiger partial charge in [0.15, 0.2) is 17.6 Å². The van der Waals surface area contributed by atoms with Crippen molar-refractivity contribution in [3.05, 3.63) is 52.0 Å². The van der Waals surface area contributed by atoms with Crippen molar-refractivity contribution < 1.29 is 23.7 Å². The minimum absolute atomic E-state index is 0.0652. The lowest BCUT2D eigenvalue weighted by Crippen LogP contribution is -2.45. The van der Waals surface area contributed by atoms with Crippen LogP contribution in [0.25, 0.3) is 0 Å². The van der Waals surface area contributed by atoms with Gasteiger partial charge in [-0.2, -0.15) is 0 Å². The maximum Gasteiger partial charge on any atom is 0.260 e. The molecule has 1 aliphatic heterocycles. The molecule has 9 heteroatoms. The molecule has 7 nitrogen and oxygen atoms in total. The lowest BCUT2D eigenvalue weighted by Gasteiger charge is -2.35. The first-order valence-electron chi connectivity index (χ1n) is 10.4. The van der Waals surface area contributed by atoms with Gasteiger partial charge in [-0.25, -0.2) is 0 Å². The number of nitrogens with one attached hydrogen (secondary N) is 1. The number of hydrogen-bond acceptors (Lipinski definition) is 6. The summed E-state index contributed by atoms with van der Waals surface area (Å²) < 4.78 is 22.1. The first-order valence-corrected chi connectivity index (χ1v) is 11.1. The third kappa shape index (κ3) is 5.98. The van der Waals surface area contributed by atoms with Crippen molar-refractivity contribution in [2.75, 3.05) is 47.1 Å². The van der Waals surface area contributed by atoms with Gasteiger partial charge in [-0.05, 0) is 36.8 Å². The van der Waals surface area contributed by atoms with E-state index in [1.807, 2.05) is 18.2 Å². The fourth-order valence-electron chi connectivity index (χ4n) is 3.57. The van der Waals surface area contributed by atoms with Gasteiger partial charge in [-0.1, -0.05) is 35.3 Å². The number of rotatable bonds is 9. The summed E-state index contributed by atoms with van der Waals surface area (Å²) >= 11 is 12.2. The van der Waals surface area contributed by atoms with Crippen LogP contribution in [-0.4, -0.2) is 64.0 Å². The Labute approximate surface area is 198 Å². The van der Waals surface area contributed by atoms with Crippen molar-refractivity contribution in [3.8, 4) is 17.2 Å². The minimum Gasteiger partial charge on any atom is -0.493 e. The number of hydrogen-bond donors (Lipinski definition) is 1. The summed E-state index contributed by atoms with van der Waals surface area (Å²) in [6, 6.07) is 10.8. The predicted molar refractivity (Wildman–Crippen MR) is 124 cm³/mol. The number of morpholine rings is 1. The zero-order valence-corrected chi connectivity index (χ0v) is 19.9. The number of carbonyl (C=O) groups excluding carboxylic acids is 1. The molecule has 1 fully saturated rings. The van der Waals surface area contributed by atoms with Gasteiger partial charge in [0.05, 0.1) is 38.5 Å². The van der Waals surface area contributed by atoms with Gasteiger partial charge in [0.25, 0.3) is 5.91 Å². The van der Waals surface area contributed by atoms with Gasteiger partial charge < -0.3 is 24.3 Å². The molecular formula is C23H28Cl2N2O5. The summed E-state index contributed by atoms with van der Waals surface area (Å²) in [5.74, 6) is 1.41. The number of benzene rings is 2. The second kappa shape index (κ2) is 11.6. The molecule has 0 aromatic heterocycles. The number of halogens is 2. The first kappa shape index (κ1) is 24.5. The molecule has 0 aliphatic carbocycles. The van der Waals surface area contributed by atoms with E-state index in [9.17, 15) is 4.79 Å². The van der Waals surface area contributed by atoms with Crippen molar-refractivity contribution in [1.29, 1.82) is 0 Å². The average molecular weight is 483 g/mol. The normalized spacial score (nSPS) is 16.2. The van der Waals surface area contributed by atoms with E-state index < -0.39 is 6.10 Å². The van der Waals surface area contributed by atoms with Crippen molar-refractivity contribution in [3.63, 3.8) is 0 Å². The maximum absolute atomic E-state index is 12.8. The minimum atomic E-state index is -0.748. The van der Waals surface area contributed by atoms with Crippen LogP contribution in [0.15, 0.2) is 36.4 Å². The second-order valence-corrected chi connectivity index (χ2v) is 8.12. The molecule has 174 valence electrons. The lowest BCUT2D eigenvalue weighted by atomic mass is 10.0. The van der Waals surface area contributed by atoms with E-state index in [0.29, 0.717) is 42.0 Å².